The van der Waals surface area contributed by atoms with Crippen molar-refractivity contribution in [2.45, 2.75) is 49.4 Å². The third kappa shape index (κ3) is 3.28. The topological polar surface area (TPSA) is 57.6 Å². The van der Waals surface area contributed by atoms with Crippen LogP contribution in [-0.2, 0) is 16.2 Å². The Morgan fingerprint density at radius 1 is 1.18 bits per heavy atom. The summed E-state index contributed by atoms with van der Waals surface area (Å²) in [5.74, 6) is 0. The van der Waals surface area contributed by atoms with Gasteiger partial charge in [0.1, 0.15) is 0 Å². The van der Waals surface area contributed by atoms with Gasteiger partial charge in [-0.2, -0.15) is 17.5 Å². The van der Waals surface area contributed by atoms with Crippen molar-refractivity contribution in [3.8, 4) is 0 Å². The van der Waals surface area contributed by atoms with Crippen LogP contribution >= 0.6 is 0 Å². The first-order valence-electron chi connectivity index (χ1n) is 6.85. The molecule has 1 aromatic rings. The molecule has 0 aromatic heterocycles. The van der Waals surface area contributed by atoms with Crippen LogP contribution in [-0.4, -0.2) is 36.0 Å². The Morgan fingerprint density at radius 3 is 2.18 bits per heavy atom. The van der Waals surface area contributed by atoms with Crippen LogP contribution in [0.15, 0.2) is 29.2 Å². The highest BCUT2D eigenvalue weighted by Gasteiger charge is 2.42. The Labute approximate surface area is 127 Å². The largest absolute Gasteiger partial charge is 0.416 e. The number of rotatable bonds is 3. The van der Waals surface area contributed by atoms with Gasteiger partial charge in [0.25, 0.3) is 0 Å². The summed E-state index contributed by atoms with van der Waals surface area (Å²) in [5, 5.41) is 10.1. The summed E-state index contributed by atoms with van der Waals surface area (Å²) >= 11 is 0. The third-order valence-corrected chi connectivity index (χ3v) is 5.73. The summed E-state index contributed by atoms with van der Waals surface area (Å²) in [6.45, 7) is 3.30. The average Bonchev–Trinajstić information content (AvgIpc) is 2.87. The van der Waals surface area contributed by atoms with Crippen molar-refractivity contribution < 1.29 is 26.7 Å². The van der Waals surface area contributed by atoms with E-state index in [-0.39, 0.29) is 11.4 Å². The molecule has 0 radical (unpaired) electrons. The van der Waals surface area contributed by atoms with Crippen LogP contribution in [0.1, 0.15) is 32.3 Å². The Bertz CT molecular complexity index is 633. The monoisotopic (exact) mass is 337 g/mol. The smallest absolute Gasteiger partial charge is 0.389 e. The van der Waals surface area contributed by atoms with E-state index in [4.69, 9.17) is 0 Å². The lowest BCUT2D eigenvalue weighted by Gasteiger charge is -2.33. The second-order valence-electron chi connectivity index (χ2n) is 5.95. The van der Waals surface area contributed by atoms with Gasteiger partial charge in [-0.1, -0.05) is 0 Å². The minimum Gasteiger partial charge on any atom is -0.389 e. The summed E-state index contributed by atoms with van der Waals surface area (Å²) in [4.78, 5) is -0.198. The van der Waals surface area contributed by atoms with Crippen LogP contribution in [0.4, 0.5) is 13.2 Å². The molecule has 2 rings (SSSR count). The van der Waals surface area contributed by atoms with Gasteiger partial charge in [0.15, 0.2) is 0 Å². The molecule has 1 aliphatic heterocycles. The van der Waals surface area contributed by atoms with Gasteiger partial charge in [-0.05, 0) is 51.0 Å². The summed E-state index contributed by atoms with van der Waals surface area (Å²) in [6, 6.07) is 2.83. The number of aliphatic hydroxyl groups is 1. The van der Waals surface area contributed by atoms with E-state index in [0.29, 0.717) is 12.8 Å². The molecule has 124 valence electrons. The molecule has 0 aliphatic carbocycles. The quantitative estimate of drug-likeness (QED) is 0.922. The summed E-state index contributed by atoms with van der Waals surface area (Å²) < 4.78 is 64.0. The Morgan fingerprint density at radius 2 is 1.73 bits per heavy atom. The average molecular weight is 337 g/mol. The van der Waals surface area contributed by atoms with E-state index in [1.807, 2.05) is 0 Å². The molecule has 22 heavy (non-hydrogen) atoms. The maximum atomic E-state index is 12.6. The SMILES string of the molecule is CC(C)(O)C1CCCN1S(=O)(=O)c1ccc(C(F)(F)F)cc1. The molecular weight excluding hydrogens is 319 g/mol. The van der Waals surface area contributed by atoms with E-state index < -0.39 is 33.4 Å². The van der Waals surface area contributed by atoms with Crippen molar-refractivity contribution in [2.75, 3.05) is 6.54 Å². The number of halogens is 3. The van der Waals surface area contributed by atoms with E-state index >= 15 is 0 Å². The van der Waals surface area contributed by atoms with Gasteiger partial charge in [-0.25, -0.2) is 8.42 Å². The maximum Gasteiger partial charge on any atom is 0.416 e. The fourth-order valence-corrected chi connectivity index (χ4v) is 4.50. The highest BCUT2D eigenvalue weighted by Crippen LogP contribution is 2.34. The fourth-order valence-electron chi connectivity index (χ4n) is 2.68. The van der Waals surface area contributed by atoms with Crippen molar-refractivity contribution >= 4 is 10.0 Å². The first kappa shape index (κ1) is 17.2. The van der Waals surface area contributed by atoms with Crippen molar-refractivity contribution in [3.05, 3.63) is 29.8 Å². The summed E-state index contributed by atoms with van der Waals surface area (Å²) in [6.07, 6.45) is -3.39. The molecule has 0 saturated carbocycles. The minimum atomic E-state index is -4.51. The summed E-state index contributed by atoms with van der Waals surface area (Å²) in [5.41, 5.74) is -2.11. The molecule has 1 fully saturated rings. The molecule has 0 amide bonds. The zero-order valence-electron chi connectivity index (χ0n) is 12.3. The number of hydrogen-bond acceptors (Lipinski definition) is 3. The Kier molecular flexibility index (Phi) is 4.31. The standard InChI is InChI=1S/C14H18F3NO3S/c1-13(2,19)12-4-3-9-18(12)22(20,21)11-7-5-10(6-8-11)14(15,16)17/h5-8,12,19H,3-4,9H2,1-2H3. The van der Waals surface area contributed by atoms with E-state index in [1.54, 1.807) is 0 Å². The number of nitrogens with zero attached hydrogens (tertiary/aromatic N) is 1. The van der Waals surface area contributed by atoms with Gasteiger partial charge in [-0.3, -0.25) is 0 Å². The van der Waals surface area contributed by atoms with Crippen LogP contribution in [0.5, 0.6) is 0 Å². The minimum absolute atomic E-state index is 0.198. The van der Waals surface area contributed by atoms with E-state index in [2.05, 4.69) is 0 Å². The van der Waals surface area contributed by atoms with Gasteiger partial charge in [0, 0.05) is 6.54 Å². The third-order valence-electron chi connectivity index (χ3n) is 3.81. The zero-order chi connectivity index (χ0) is 16.8. The maximum absolute atomic E-state index is 12.6. The van der Waals surface area contributed by atoms with Crippen LogP contribution in [0.3, 0.4) is 0 Å². The van der Waals surface area contributed by atoms with E-state index in [0.717, 1.165) is 24.3 Å². The molecule has 1 saturated heterocycles. The van der Waals surface area contributed by atoms with E-state index in [1.165, 1.54) is 18.2 Å². The molecule has 1 atom stereocenters. The van der Waals surface area contributed by atoms with Crippen LogP contribution in [0.25, 0.3) is 0 Å². The molecule has 1 unspecified atom stereocenters. The predicted molar refractivity (Wildman–Crippen MR) is 74.7 cm³/mol. The van der Waals surface area contributed by atoms with Crippen molar-refractivity contribution in [3.63, 3.8) is 0 Å². The predicted octanol–water partition coefficient (Wildman–Crippen LogP) is 2.63. The first-order chi connectivity index (χ1) is 9.94. The van der Waals surface area contributed by atoms with Crippen molar-refractivity contribution in [1.29, 1.82) is 0 Å². The van der Waals surface area contributed by atoms with Crippen LogP contribution < -0.4 is 0 Å². The van der Waals surface area contributed by atoms with Gasteiger partial charge in [0.05, 0.1) is 22.1 Å². The van der Waals surface area contributed by atoms with Crippen LogP contribution in [0.2, 0.25) is 0 Å². The van der Waals surface area contributed by atoms with Gasteiger partial charge in [-0.15, -0.1) is 0 Å². The molecule has 1 aromatic carbocycles. The zero-order valence-corrected chi connectivity index (χ0v) is 13.1. The van der Waals surface area contributed by atoms with Gasteiger partial charge < -0.3 is 5.11 Å². The highest BCUT2D eigenvalue weighted by molar-refractivity contribution is 7.89. The van der Waals surface area contributed by atoms with Gasteiger partial charge >= 0.3 is 6.18 Å². The normalized spacial score (nSPS) is 21.3. The molecular formula is C14H18F3NO3S. The number of hydrogen-bond donors (Lipinski definition) is 1. The number of benzene rings is 1. The van der Waals surface area contributed by atoms with E-state index in [9.17, 15) is 26.7 Å². The van der Waals surface area contributed by atoms with Gasteiger partial charge in [0.2, 0.25) is 10.0 Å². The molecule has 1 N–H and O–H groups in total. The van der Waals surface area contributed by atoms with Crippen LogP contribution in [0, 0.1) is 0 Å². The molecule has 1 heterocycles. The second-order valence-corrected chi connectivity index (χ2v) is 7.84. The second kappa shape index (κ2) is 5.50. The molecule has 8 heteroatoms. The number of alkyl halides is 3. The lowest BCUT2D eigenvalue weighted by molar-refractivity contribution is -0.137. The van der Waals surface area contributed by atoms with Crippen molar-refractivity contribution in [2.24, 2.45) is 0 Å². The highest BCUT2D eigenvalue weighted by atomic mass is 32.2. The fraction of sp³-hybridized carbons (Fsp3) is 0.571. The first-order valence-corrected chi connectivity index (χ1v) is 8.29. The Hall–Kier alpha value is -1.12. The van der Waals surface area contributed by atoms with Crippen molar-refractivity contribution in [1.82, 2.24) is 4.31 Å². The number of sulfonamides is 1. The molecule has 4 nitrogen and oxygen atoms in total. The summed E-state index contributed by atoms with van der Waals surface area (Å²) in [7, 11) is -3.93. The molecule has 0 bridgehead atoms. The Balaban J connectivity index is 2.34. The molecule has 1 aliphatic rings. The molecule has 0 spiro atoms. The lowest BCUT2D eigenvalue weighted by Crippen LogP contribution is -2.48. The lowest BCUT2D eigenvalue weighted by atomic mass is 9.98.